The van der Waals surface area contributed by atoms with E-state index in [4.69, 9.17) is 9.47 Å². The first-order chi connectivity index (χ1) is 15.2. The summed E-state index contributed by atoms with van der Waals surface area (Å²) in [6.07, 6.45) is 1.66. The standard InChI is InChI=1S/C25H27N3O3/c1-19(20-8-4-3-5-9-20)31-22-12-11-21(18-23(22)30-2)25(29)28-16-14-27(15-17-28)24-10-6-7-13-26-24/h3-13,18-19H,14-17H2,1-2H3. The van der Waals surface area contributed by atoms with Crippen LogP contribution in [0.3, 0.4) is 0 Å². The van der Waals surface area contributed by atoms with Crippen LogP contribution in [0.2, 0.25) is 0 Å². The molecular formula is C25H27N3O3. The zero-order valence-corrected chi connectivity index (χ0v) is 17.9. The number of methoxy groups -OCH3 is 1. The van der Waals surface area contributed by atoms with Crippen molar-refractivity contribution >= 4 is 11.7 Å². The third kappa shape index (κ3) is 4.79. The van der Waals surface area contributed by atoms with Crippen LogP contribution in [0.25, 0.3) is 0 Å². The molecule has 1 aliphatic heterocycles. The van der Waals surface area contributed by atoms with Crippen molar-refractivity contribution in [3.63, 3.8) is 0 Å². The lowest BCUT2D eigenvalue weighted by molar-refractivity contribution is 0.0746. The van der Waals surface area contributed by atoms with Crippen molar-refractivity contribution in [3.8, 4) is 11.5 Å². The average Bonchev–Trinajstić information content (AvgIpc) is 2.85. The van der Waals surface area contributed by atoms with Crippen LogP contribution in [0.4, 0.5) is 5.82 Å². The number of hydrogen-bond donors (Lipinski definition) is 0. The summed E-state index contributed by atoms with van der Waals surface area (Å²) in [5, 5.41) is 0. The van der Waals surface area contributed by atoms with Gasteiger partial charge in [0.25, 0.3) is 5.91 Å². The summed E-state index contributed by atoms with van der Waals surface area (Å²) >= 11 is 0. The van der Waals surface area contributed by atoms with Gasteiger partial charge in [0, 0.05) is 37.9 Å². The van der Waals surface area contributed by atoms with Gasteiger partial charge in [-0.3, -0.25) is 4.79 Å². The maximum absolute atomic E-state index is 13.1. The number of pyridine rings is 1. The molecule has 4 rings (SSSR count). The number of aromatic nitrogens is 1. The summed E-state index contributed by atoms with van der Waals surface area (Å²) in [4.78, 5) is 21.5. The predicted molar refractivity (Wildman–Crippen MR) is 121 cm³/mol. The van der Waals surface area contributed by atoms with Crippen LogP contribution in [0.15, 0.2) is 72.9 Å². The Balaban J connectivity index is 1.42. The number of benzene rings is 2. The molecule has 3 aromatic rings. The van der Waals surface area contributed by atoms with E-state index in [0.717, 1.165) is 24.5 Å². The second kappa shape index (κ2) is 9.51. The molecule has 1 aliphatic rings. The molecule has 1 aromatic heterocycles. The van der Waals surface area contributed by atoms with E-state index in [2.05, 4.69) is 9.88 Å². The largest absolute Gasteiger partial charge is 0.493 e. The Kier molecular flexibility index (Phi) is 6.36. The van der Waals surface area contributed by atoms with E-state index in [1.54, 1.807) is 19.4 Å². The minimum Gasteiger partial charge on any atom is -0.493 e. The Morgan fingerprint density at radius 2 is 1.68 bits per heavy atom. The van der Waals surface area contributed by atoms with Gasteiger partial charge in [-0.05, 0) is 42.8 Å². The van der Waals surface area contributed by atoms with Crippen molar-refractivity contribution in [1.82, 2.24) is 9.88 Å². The van der Waals surface area contributed by atoms with Gasteiger partial charge in [-0.1, -0.05) is 36.4 Å². The van der Waals surface area contributed by atoms with E-state index in [-0.39, 0.29) is 12.0 Å². The first kappa shape index (κ1) is 20.7. The Morgan fingerprint density at radius 1 is 0.935 bits per heavy atom. The number of carbonyl (C=O) groups is 1. The van der Waals surface area contributed by atoms with Gasteiger partial charge in [-0.25, -0.2) is 4.98 Å². The number of ether oxygens (including phenoxy) is 2. The van der Waals surface area contributed by atoms with Crippen LogP contribution in [-0.2, 0) is 0 Å². The number of piperazine rings is 1. The highest BCUT2D eigenvalue weighted by Gasteiger charge is 2.24. The van der Waals surface area contributed by atoms with E-state index in [0.29, 0.717) is 30.2 Å². The molecule has 0 saturated carbocycles. The molecule has 6 nitrogen and oxygen atoms in total. The minimum absolute atomic E-state index is 0.00151. The molecule has 2 aromatic carbocycles. The second-order valence-electron chi connectivity index (χ2n) is 7.50. The van der Waals surface area contributed by atoms with Crippen molar-refractivity contribution in [1.29, 1.82) is 0 Å². The van der Waals surface area contributed by atoms with Crippen molar-refractivity contribution in [2.45, 2.75) is 13.0 Å². The monoisotopic (exact) mass is 417 g/mol. The minimum atomic E-state index is -0.128. The average molecular weight is 418 g/mol. The third-order valence-corrected chi connectivity index (χ3v) is 5.52. The lowest BCUT2D eigenvalue weighted by Gasteiger charge is -2.35. The molecule has 0 spiro atoms. The molecule has 160 valence electrons. The van der Waals surface area contributed by atoms with Crippen LogP contribution in [-0.4, -0.2) is 49.1 Å². The molecule has 6 heteroatoms. The number of anilines is 1. The molecule has 1 fully saturated rings. The van der Waals surface area contributed by atoms with Gasteiger partial charge in [-0.15, -0.1) is 0 Å². The van der Waals surface area contributed by atoms with Crippen molar-refractivity contribution in [2.75, 3.05) is 38.2 Å². The van der Waals surface area contributed by atoms with Gasteiger partial charge in [0.05, 0.1) is 7.11 Å². The van der Waals surface area contributed by atoms with Crippen molar-refractivity contribution in [2.24, 2.45) is 0 Å². The highest BCUT2D eigenvalue weighted by atomic mass is 16.5. The number of rotatable bonds is 6. The molecule has 0 N–H and O–H groups in total. The van der Waals surface area contributed by atoms with E-state index < -0.39 is 0 Å². The quantitative estimate of drug-likeness (QED) is 0.602. The second-order valence-corrected chi connectivity index (χ2v) is 7.50. The van der Waals surface area contributed by atoms with Crippen LogP contribution in [0, 0.1) is 0 Å². The Morgan fingerprint density at radius 3 is 2.35 bits per heavy atom. The highest BCUT2D eigenvalue weighted by Crippen LogP contribution is 2.32. The number of hydrogen-bond acceptors (Lipinski definition) is 5. The first-order valence-electron chi connectivity index (χ1n) is 10.5. The van der Waals surface area contributed by atoms with E-state index in [1.807, 2.05) is 72.5 Å². The van der Waals surface area contributed by atoms with Crippen molar-refractivity contribution < 1.29 is 14.3 Å². The molecule has 31 heavy (non-hydrogen) atoms. The summed E-state index contributed by atoms with van der Waals surface area (Å²) in [7, 11) is 1.59. The van der Waals surface area contributed by atoms with Crippen LogP contribution >= 0.6 is 0 Å². The van der Waals surface area contributed by atoms with Crippen LogP contribution in [0.5, 0.6) is 11.5 Å². The Labute approximate surface area is 183 Å². The molecule has 0 aliphatic carbocycles. The highest BCUT2D eigenvalue weighted by molar-refractivity contribution is 5.95. The summed E-state index contributed by atoms with van der Waals surface area (Å²) < 4.78 is 11.6. The van der Waals surface area contributed by atoms with E-state index in [1.165, 1.54) is 0 Å². The third-order valence-electron chi connectivity index (χ3n) is 5.52. The molecule has 1 unspecified atom stereocenters. The fraction of sp³-hybridized carbons (Fsp3) is 0.280. The summed E-state index contributed by atoms with van der Waals surface area (Å²) in [6, 6.07) is 21.3. The van der Waals surface area contributed by atoms with Gasteiger partial charge >= 0.3 is 0 Å². The van der Waals surface area contributed by atoms with Crippen LogP contribution in [0.1, 0.15) is 28.9 Å². The molecule has 0 radical (unpaired) electrons. The number of amides is 1. The SMILES string of the molecule is COc1cc(C(=O)N2CCN(c3ccccn3)CC2)ccc1OC(C)c1ccccc1. The zero-order valence-electron chi connectivity index (χ0n) is 17.9. The zero-order chi connectivity index (χ0) is 21.6. The normalized spacial score (nSPS) is 14.8. The Bertz CT molecular complexity index is 1000. The fourth-order valence-corrected chi connectivity index (χ4v) is 3.74. The maximum Gasteiger partial charge on any atom is 0.254 e. The molecule has 2 heterocycles. The lowest BCUT2D eigenvalue weighted by atomic mass is 10.1. The van der Waals surface area contributed by atoms with Crippen molar-refractivity contribution in [3.05, 3.63) is 84.1 Å². The first-order valence-corrected chi connectivity index (χ1v) is 10.5. The lowest BCUT2D eigenvalue weighted by Crippen LogP contribution is -2.49. The molecule has 1 saturated heterocycles. The topological polar surface area (TPSA) is 54.9 Å². The van der Waals surface area contributed by atoms with Crippen LogP contribution < -0.4 is 14.4 Å². The molecular weight excluding hydrogens is 390 g/mol. The maximum atomic E-state index is 13.1. The summed E-state index contributed by atoms with van der Waals surface area (Å²) in [5.74, 6) is 2.13. The number of carbonyl (C=O) groups excluding carboxylic acids is 1. The van der Waals surface area contributed by atoms with Gasteiger partial charge in [0.1, 0.15) is 11.9 Å². The Hall–Kier alpha value is -3.54. The fourth-order valence-electron chi connectivity index (χ4n) is 3.74. The van der Waals surface area contributed by atoms with Gasteiger partial charge in [-0.2, -0.15) is 0 Å². The number of nitrogens with zero attached hydrogens (tertiary/aromatic N) is 3. The predicted octanol–water partition coefficient (Wildman–Crippen LogP) is 4.19. The smallest absolute Gasteiger partial charge is 0.254 e. The van der Waals surface area contributed by atoms with E-state index >= 15 is 0 Å². The van der Waals surface area contributed by atoms with Gasteiger partial charge in [0.2, 0.25) is 0 Å². The molecule has 0 bridgehead atoms. The van der Waals surface area contributed by atoms with Gasteiger partial charge < -0.3 is 19.3 Å². The van der Waals surface area contributed by atoms with E-state index in [9.17, 15) is 4.79 Å². The van der Waals surface area contributed by atoms with Gasteiger partial charge in [0.15, 0.2) is 11.5 Å². The summed E-state index contributed by atoms with van der Waals surface area (Å²) in [5.41, 5.74) is 1.68. The molecule has 1 atom stereocenters. The molecule has 1 amide bonds. The summed E-state index contributed by atoms with van der Waals surface area (Å²) in [6.45, 7) is 4.82.